The Balaban J connectivity index is 0.727. The highest BCUT2D eigenvalue weighted by molar-refractivity contribution is 6.24. The summed E-state index contributed by atoms with van der Waals surface area (Å²) in [6.45, 7) is 6.13. The van der Waals surface area contributed by atoms with Crippen molar-refractivity contribution >= 4 is 58.6 Å². The average molecular weight is 925 g/mol. The van der Waals surface area contributed by atoms with Gasteiger partial charge in [0, 0.05) is 49.7 Å². The highest BCUT2D eigenvalue weighted by Gasteiger charge is 2.46. The fourth-order valence-electron chi connectivity index (χ4n) is 6.91. The third-order valence-electron chi connectivity index (χ3n) is 10.3. The Bertz CT molecular complexity index is 2320. The van der Waals surface area contributed by atoms with E-state index in [0.29, 0.717) is 84.1 Å². The molecule has 1 atom stereocenters. The van der Waals surface area contributed by atoms with Crippen molar-refractivity contribution in [2.45, 2.75) is 32.2 Å². The first-order chi connectivity index (χ1) is 32.5. The molecular weight excluding hydrogens is 869 g/mol. The van der Waals surface area contributed by atoms with Gasteiger partial charge in [-0.2, -0.15) is 4.98 Å². The maximum absolute atomic E-state index is 13.2. The topological polar surface area (TPSA) is 238 Å². The molecule has 0 spiro atoms. The maximum Gasteiger partial charge on any atom is 0.266 e. The first-order valence-corrected chi connectivity index (χ1v) is 22.0. The summed E-state index contributed by atoms with van der Waals surface area (Å²) < 4.78 is 33.5. The van der Waals surface area contributed by atoms with E-state index in [9.17, 15) is 28.8 Å². The molecule has 356 valence electrons. The van der Waals surface area contributed by atoms with Gasteiger partial charge in [-0.05, 0) is 55.3 Å². The number of aryl methyl sites for hydroxylation is 1. The van der Waals surface area contributed by atoms with Crippen LogP contribution in [0.15, 0.2) is 78.9 Å². The van der Waals surface area contributed by atoms with E-state index in [1.807, 2.05) is 79.5 Å². The van der Waals surface area contributed by atoms with Crippen LogP contribution in [0, 0.1) is 6.92 Å². The van der Waals surface area contributed by atoms with E-state index in [4.69, 9.17) is 28.4 Å². The van der Waals surface area contributed by atoms with Crippen molar-refractivity contribution in [3.05, 3.63) is 101 Å². The number of ether oxygens (including phenoxy) is 6. The summed E-state index contributed by atoms with van der Waals surface area (Å²) in [7, 11) is 1.94. The Morgan fingerprint density at radius 3 is 2.06 bits per heavy atom. The molecule has 0 aliphatic carbocycles. The standard InChI is InChI=1S/C47H56N8O12/c1-32-29-39(52-47(49-32)51-35-13-11-34(12-14-35)50-41(57)30-33-7-4-3-5-8-33)54(2)18-20-63-22-24-65-26-28-66-27-25-64-23-21-62-19-17-48-42(58)31-67-38-10-6-9-36-43(38)46(61)55(45(36)60)37-15-16-40(56)53-44(37)59/h3-14,29,37H,15-28,30-31H2,1-2H3,(H,48,58)(H,50,57)(H,49,51,52)(H,53,56,59). The molecule has 2 aliphatic rings. The van der Waals surface area contributed by atoms with Gasteiger partial charge < -0.3 is 49.3 Å². The normalized spacial score (nSPS) is 14.4. The lowest BCUT2D eigenvalue weighted by atomic mass is 10.0. The van der Waals surface area contributed by atoms with Gasteiger partial charge in [-0.1, -0.05) is 36.4 Å². The largest absolute Gasteiger partial charge is 0.483 e. The third-order valence-corrected chi connectivity index (χ3v) is 10.3. The first-order valence-electron chi connectivity index (χ1n) is 22.0. The van der Waals surface area contributed by atoms with Crippen LogP contribution in [0.25, 0.3) is 0 Å². The van der Waals surface area contributed by atoms with Gasteiger partial charge in [-0.15, -0.1) is 0 Å². The lowest BCUT2D eigenvalue weighted by molar-refractivity contribution is -0.136. The Morgan fingerprint density at radius 1 is 0.746 bits per heavy atom. The van der Waals surface area contributed by atoms with Crippen LogP contribution < -0.4 is 30.9 Å². The van der Waals surface area contributed by atoms with Crippen molar-refractivity contribution in [3.63, 3.8) is 0 Å². The van der Waals surface area contributed by atoms with E-state index < -0.39 is 42.2 Å². The predicted molar refractivity (Wildman–Crippen MR) is 244 cm³/mol. The molecule has 20 heteroatoms. The minimum Gasteiger partial charge on any atom is -0.483 e. The van der Waals surface area contributed by atoms with E-state index in [2.05, 4.69) is 31.2 Å². The number of rotatable bonds is 28. The van der Waals surface area contributed by atoms with Crippen molar-refractivity contribution in [3.8, 4) is 5.75 Å². The third kappa shape index (κ3) is 15.4. The fraction of sp³-hybridized carbons (Fsp3) is 0.404. The molecule has 1 fully saturated rings. The molecule has 6 amide bonds. The number of fused-ring (bicyclic) bond motifs is 1. The summed E-state index contributed by atoms with van der Waals surface area (Å²) in [6, 6.07) is 22.2. The molecule has 3 aromatic carbocycles. The van der Waals surface area contributed by atoms with Gasteiger partial charge in [-0.3, -0.25) is 39.0 Å². The highest BCUT2D eigenvalue weighted by Crippen LogP contribution is 2.33. The summed E-state index contributed by atoms with van der Waals surface area (Å²) >= 11 is 0. The average Bonchev–Trinajstić information content (AvgIpc) is 3.57. The molecule has 4 N–H and O–H groups in total. The molecule has 0 saturated carbocycles. The summed E-state index contributed by atoms with van der Waals surface area (Å²) in [4.78, 5) is 86.8. The summed E-state index contributed by atoms with van der Waals surface area (Å²) in [5.41, 5.74) is 3.28. The summed E-state index contributed by atoms with van der Waals surface area (Å²) in [6.07, 6.45) is 0.341. The van der Waals surface area contributed by atoms with E-state index in [-0.39, 0.29) is 48.8 Å². The second kappa shape index (κ2) is 25.7. The Labute approximate surface area is 388 Å². The van der Waals surface area contributed by atoms with Gasteiger partial charge in [0.25, 0.3) is 17.7 Å². The number of hydrogen-bond acceptors (Lipinski definition) is 16. The van der Waals surface area contributed by atoms with Gasteiger partial charge in [0.05, 0.1) is 83.6 Å². The van der Waals surface area contributed by atoms with Gasteiger partial charge >= 0.3 is 0 Å². The molecule has 1 unspecified atom stereocenters. The number of benzene rings is 3. The van der Waals surface area contributed by atoms with Crippen molar-refractivity contribution < 1.29 is 57.2 Å². The minimum atomic E-state index is -1.11. The van der Waals surface area contributed by atoms with E-state index in [1.165, 1.54) is 18.2 Å². The number of carbonyl (C=O) groups excluding carboxylic acids is 6. The van der Waals surface area contributed by atoms with E-state index >= 15 is 0 Å². The number of nitrogens with one attached hydrogen (secondary N) is 4. The molecule has 2 aliphatic heterocycles. The predicted octanol–water partition coefficient (Wildman–Crippen LogP) is 2.83. The van der Waals surface area contributed by atoms with Gasteiger partial charge in [-0.25, -0.2) is 4.98 Å². The Hall–Kier alpha value is -6.84. The molecule has 6 rings (SSSR count). The molecule has 4 aromatic rings. The SMILES string of the molecule is Cc1cc(N(C)CCOCCOCCOCCOCCOCCNC(=O)COc2cccc3c2C(=O)N(C2CCC(=O)NC2=O)C3=O)nc(Nc2ccc(NC(=O)Cc3ccccc3)cc2)n1. The number of aromatic nitrogens is 2. The fourth-order valence-corrected chi connectivity index (χ4v) is 6.91. The lowest BCUT2D eigenvalue weighted by Gasteiger charge is -2.27. The molecule has 0 radical (unpaired) electrons. The van der Waals surface area contributed by atoms with Crippen molar-refractivity contribution in [2.75, 3.05) is 108 Å². The maximum atomic E-state index is 13.2. The van der Waals surface area contributed by atoms with Gasteiger partial charge in [0.2, 0.25) is 23.7 Å². The van der Waals surface area contributed by atoms with Crippen LogP contribution in [0.2, 0.25) is 0 Å². The summed E-state index contributed by atoms with van der Waals surface area (Å²) in [5, 5.41) is 11.0. The van der Waals surface area contributed by atoms with Crippen LogP contribution in [0.3, 0.4) is 0 Å². The van der Waals surface area contributed by atoms with Crippen LogP contribution in [0.1, 0.15) is 44.8 Å². The molecule has 3 heterocycles. The number of hydrogen-bond donors (Lipinski definition) is 4. The van der Waals surface area contributed by atoms with Gasteiger partial charge in [0.1, 0.15) is 17.6 Å². The minimum absolute atomic E-state index is 0.00603. The molecule has 20 nitrogen and oxygen atoms in total. The zero-order valence-electron chi connectivity index (χ0n) is 37.6. The van der Waals surface area contributed by atoms with Crippen LogP contribution in [-0.4, -0.2) is 149 Å². The smallest absolute Gasteiger partial charge is 0.266 e. The molecule has 1 aromatic heterocycles. The molecule has 67 heavy (non-hydrogen) atoms. The summed E-state index contributed by atoms with van der Waals surface area (Å²) in [5.74, 6) is -1.86. The van der Waals surface area contributed by atoms with Gasteiger partial charge in [0.15, 0.2) is 6.61 Å². The number of carbonyl (C=O) groups is 6. The highest BCUT2D eigenvalue weighted by atomic mass is 16.6. The number of amides is 6. The quantitative estimate of drug-likeness (QED) is 0.0473. The molecular formula is C47H56N8O12. The number of likely N-dealkylation sites (N-methyl/N-ethyl adjacent to an activating group) is 1. The van der Waals surface area contributed by atoms with E-state index in [1.54, 1.807) is 0 Å². The second-order valence-corrected chi connectivity index (χ2v) is 15.4. The van der Waals surface area contributed by atoms with Crippen LogP contribution in [-0.2, 0) is 49.3 Å². The van der Waals surface area contributed by atoms with Crippen LogP contribution in [0.5, 0.6) is 5.75 Å². The monoisotopic (exact) mass is 924 g/mol. The molecule has 0 bridgehead atoms. The van der Waals surface area contributed by atoms with Crippen molar-refractivity contribution in [2.24, 2.45) is 0 Å². The zero-order valence-corrected chi connectivity index (χ0v) is 37.6. The first kappa shape index (κ1) is 49.6. The number of imide groups is 2. The van der Waals surface area contributed by atoms with Crippen LogP contribution >= 0.6 is 0 Å². The zero-order chi connectivity index (χ0) is 47.4. The van der Waals surface area contributed by atoms with E-state index in [0.717, 1.165) is 27.7 Å². The second-order valence-electron chi connectivity index (χ2n) is 15.4. The number of anilines is 4. The Kier molecular flexibility index (Phi) is 19.1. The molecule has 1 saturated heterocycles. The Morgan fingerprint density at radius 2 is 1.39 bits per heavy atom. The van der Waals surface area contributed by atoms with Crippen LogP contribution in [0.4, 0.5) is 23.1 Å². The lowest BCUT2D eigenvalue weighted by Crippen LogP contribution is -2.54. The van der Waals surface area contributed by atoms with Crippen molar-refractivity contribution in [1.29, 1.82) is 0 Å². The number of piperidine rings is 1. The number of nitrogens with zero attached hydrogens (tertiary/aromatic N) is 4. The van der Waals surface area contributed by atoms with Crippen molar-refractivity contribution in [1.82, 2.24) is 25.5 Å².